The Bertz CT molecular complexity index is 1940. The molecule has 0 aromatic carbocycles. The predicted octanol–water partition coefficient (Wildman–Crippen LogP) is 10.1. The summed E-state index contributed by atoms with van der Waals surface area (Å²) in [5, 5.41) is 10.8. The molecule has 1 aromatic heterocycles. The van der Waals surface area contributed by atoms with Crippen molar-refractivity contribution >= 4 is 29.9 Å². The minimum atomic E-state index is -1.00. The molecular formula is C50H77N3O7. The minimum Gasteiger partial charge on any atom is -0.464 e. The Morgan fingerprint density at radius 1 is 0.883 bits per heavy atom. The summed E-state index contributed by atoms with van der Waals surface area (Å²) in [4.78, 5) is 66.9. The summed E-state index contributed by atoms with van der Waals surface area (Å²) in [6.07, 6.45) is 7.92. The van der Waals surface area contributed by atoms with E-state index >= 15 is 0 Å². The van der Waals surface area contributed by atoms with Gasteiger partial charge in [-0.3, -0.25) is 29.1 Å². The largest absolute Gasteiger partial charge is 0.464 e. The molecule has 1 aromatic rings. The number of carbonyl (C=O) groups excluding carboxylic acids is 5. The zero-order chi connectivity index (χ0) is 43.5. The average molecular weight is 832 g/mol. The Morgan fingerprint density at radius 3 is 2.17 bits per heavy atom. The van der Waals surface area contributed by atoms with Crippen LogP contribution in [0.15, 0.2) is 17.2 Å². The summed E-state index contributed by atoms with van der Waals surface area (Å²) in [6.45, 7) is 28.7. The van der Waals surface area contributed by atoms with Crippen LogP contribution in [0, 0.1) is 62.1 Å². The molecule has 5 saturated carbocycles. The van der Waals surface area contributed by atoms with E-state index in [0.29, 0.717) is 36.8 Å². The highest BCUT2D eigenvalue weighted by Gasteiger charge is 2.70. The highest BCUT2D eigenvalue weighted by atomic mass is 16.6. The van der Waals surface area contributed by atoms with Crippen molar-refractivity contribution in [3.63, 3.8) is 0 Å². The van der Waals surface area contributed by atoms with Gasteiger partial charge < -0.3 is 14.8 Å². The van der Waals surface area contributed by atoms with E-state index in [1.165, 1.54) is 5.57 Å². The van der Waals surface area contributed by atoms with Gasteiger partial charge in [0.05, 0.1) is 16.9 Å². The molecule has 1 amide bonds. The molecule has 7 rings (SSSR count). The Labute approximate surface area is 360 Å². The van der Waals surface area contributed by atoms with E-state index in [1.807, 2.05) is 41.5 Å². The first kappa shape index (κ1) is 46.2. The molecule has 0 radical (unpaired) electrons. The van der Waals surface area contributed by atoms with Crippen molar-refractivity contribution in [2.75, 3.05) is 0 Å². The van der Waals surface area contributed by atoms with Gasteiger partial charge in [0, 0.05) is 29.4 Å². The lowest BCUT2D eigenvalue weighted by molar-refractivity contribution is -0.236. The first-order valence-corrected chi connectivity index (χ1v) is 22.8. The molecule has 0 saturated heterocycles. The Balaban J connectivity index is 0.00000604. The van der Waals surface area contributed by atoms with Crippen LogP contribution in [0.25, 0.3) is 0 Å². The Hall–Kier alpha value is -3.30. The SMILES string of the molecule is C.CC(C)C1=C2[C@H]3CC[C@@H]4[C@@]5(C)CC[C@H](OC(=O)[C@H]6C[C@@H](OC=O)C6(C)C)C(C)(C)[C@@H]5CC[C@@]4(C)[C@]3(C)CC[C@@]2(NC(=O)C(C)(C)CC(=O)c2cc(C(C)C)[nH]n2)CC1=O. The summed E-state index contributed by atoms with van der Waals surface area (Å²) in [7, 11) is 0. The second-order valence-electron chi connectivity index (χ2n) is 23.2. The van der Waals surface area contributed by atoms with Gasteiger partial charge in [0.25, 0.3) is 6.47 Å². The summed E-state index contributed by atoms with van der Waals surface area (Å²) >= 11 is 0. The topological polar surface area (TPSA) is 145 Å². The highest BCUT2D eigenvalue weighted by molar-refractivity contribution is 6.03. The zero-order valence-electron chi connectivity index (χ0n) is 38.4. The van der Waals surface area contributed by atoms with Crippen molar-refractivity contribution in [3.05, 3.63) is 28.6 Å². The molecule has 10 nitrogen and oxygen atoms in total. The van der Waals surface area contributed by atoms with E-state index in [-0.39, 0.29) is 101 Å². The van der Waals surface area contributed by atoms with Gasteiger partial charge in [-0.05, 0) is 121 Å². The molecule has 0 aliphatic heterocycles. The van der Waals surface area contributed by atoms with Crippen LogP contribution in [0.2, 0.25) is 0 Å². The van der Waals surface area contributed by atoms with Gasteiger partial charge in [0.2, 0.25) is 5.91 Å². The van der Waals surface area contributed by atoms with Crippen molar-refractivity contribution in [2.45, 2.75) is 192 Å². The van der Waals surface area contributed by atoms with Gasteiger partial charge in [-0.15, -0.1) is 0 Å². The molecule has 1 heterocycles. The number of hydrogen-bond donors (Lipinski definition) is 2. The molecule has 0 bridgehead atoms. The van der Waals surface area contributed by atoms with Crippen LogP contribution in [0.3, 0.4) is 0 Å². The molecular weight excluding hydrogens is 755 g/mol. The fourth-order valence-corrected chi connectivity index (χ4v) is 14.5. The number of aromatic nitrogens is 2. The number of Topliss-reactive ketones (excluding diaryl/α,β-unsaturated/α-hetero) is 2. The average Bonchev–Trinajstić information content (AvgIpc) is 3.75. The van der Waals surface area contributed by atoms with Crippen LogP contribution in [-0.4, -0.2) is 57.9 Å². The molecule has 6 aliphatic carbocycles. The van der Waals surface area contributed by atoms with Crippen molar-refractivity contribution in [2.24, 2.45) is 62.1 Å². The number of carbonyl (C=O) groups is 5. The quantitative estimate of drug-likeness (QED) is 0.127. The number of aromatic amines is 1. The van der Waals surface area contributed by atoms with Gasteiger partial charge in [-0.2, -0.15) is 5.10 Å². The number of esters is 1. The lowest BCUT2D eigenvalue weighted by Crippen LogP contribution is -2.67. The van der Waals surface area contributed by atoms with Gasteiger partial charge in [0.15, 0.2) is 11.6 Å². The standard InChI is InChI=1S/C49H73N3O7.CH4/c1-27(2)31-23-32(52-51-31)33(54)24-43(5,6)42(57)50-49-21-20-47(12)29(40(49)39(28(3)4)34(55)25-49)14-15-36-46(11)18-17-37(45(9,10)35(46)16-19-48(36,47)13)59-41(56)30-22-38(58-26-53)44(30,7)8;/h23,26-30,35-38H,14-22,24-25H2,1-13H3,(H,50,57)(H,51,52);1H4/t29-,30-,35+,36-,37+,38-,46+,47-,48-,49-;/m1./s1. The monoisotopic (exact) mass is 832 g/mol. The second kappa shape index (κ2) is 15.2. The van der Waals surface area contributed by atoms with Gasteiger partial charge in [-0.1, -0.05) is 97.4 Å². The minimum absolute atomic E-state index is 0. The van der Waals surface area contributed by atoms with E-state index in [4.69, 9.17) is 9.47 Å². The number of nitrogens with one attached hydrogen (secondary N) is 2. The number of amides is 1. The maximum Gasteiger partial charge on any atom is 0.310 e. The number of ketones is 2. The number of allylic oxidation sites excluding steroid dienone is 1. The molecule has 2 N–H and O–H groups in total. The third-order valence-electron chi connectivity index (χ3n) is 18.4. The Kier molecular flexibility index (Phi) is 11.7. The van der Waals surface area contributed by atoms with Crippen molar-refractivity contribution in [3.8, 4) is 0 Å². The van der Waals surface area contributed by atoms with Crippen LogP contribution in [0.4, 0.5) is 0 Å². The van der Waals surface area contributed by atoms with Crippen LogP contribution in [0.5, 0.6) is 0 Å². The predicted molar refractivity (Wildman–Crippen MR) is 233 cm³/mol. The number of ether oxygens (including phenoxy) is 2. The van der Waals surface area contributed by atoms with Crippen LogP contribution in [-0.2, 0) is 28.7 Å². The summed E-state index contributed by atoms with van der Waals surface area (Å²) in [5.74, 6) is 0.586. The van der Waals surface area contributed by atoms with Crippen molar-refractivity contribution in [1.82, 2.24) is 15.5 Å². The van der Waals surface area contributed by atoms with Crippen molar-refractivity contribution < 1.29 is 33.4 Å². The number of nitrogens with zero attached hydrogens (tertiary/aromatic N) is 1. The zero-order valence-corrected chi connectivity index (χ0v) is 38.4. The lowest BCUT2D eigenvalue weighted by atomic mass is 9.33. The normalized spacial score (nSPS) is 37.8. The number of H-pyrrole nitrogens is 1. The third kappa shape index (κ3) is 6.76. The molecule has 6 aliphatic rings. The van der Waals surface area contributed by atoms with E-state index < -0.39 is 16.4 Å². The van der Waals surface area contributed by atoms with Gasteiger partial charge in [-0.25, -0.2) is 0 Å². The van der Waals surface area contributed by atoms with Gasteiger partial charge in [0.1, 0.15) is 17.9 Å². The summed E-state index contributed by atoms with van der Waals surface area (Å²) in [6, 6.07) is 1.79. The van der Waals surface area contributed by atoms with Crippen LogP contribution >= 0.6 is 0 Å². The third-order valence-corrected chi connectivity index (χ3v) is 18.4. The summed E-state index contributed by atoms with van der Waals surface area (Å²) in [5.41, 5.74) is 0.887. The molecule has 10 atom stereocenters. The molecule has 0 unspecified atom stereocenters. The second-order valence-corrected chi connectivity index (χ2v) is 23.2. The van der Waals surface area contributed by atoms with Crippen molar-refractivity contribution in [1.29, 1.82) is 0 Å². The number of rotatable bonds is 11. The molecule has 60 heavy (non-hydrogen) atoms. The van der Waals surface area contributed by atoms with Crippen LogP contribution < -0.4 is 5.32 Å². The number of fused-ring (bicyclic) bond motifs is 7. The lowest BCUT2D eigenvalue weighted by Gasteiger charge is -2.72. The van der Waals surface area contributed by atoms with Crippen LogP contribution in [0.1, 0.15) is 190 Å². The first-order chi connectivity index (χ1) is 27.3. The highest BCUT2D eigenvalue weighted by Crippen LogP contribution is 2.76. The molecule has 0 spiro atoms. The number of hydrogen-bond acceptors (Lipinski definition) is 8. The van der Waals surface area contributed by atoms with Gasteiger partial charge >= 0.3 is 5.97 Å². The molecule has 5 fully saturated rings. The van der Waals surface area contributed by atoms with E-state index in [9.17, 15) is 24.0 Å². The summed E-state index contributed by atoms with van der Waals surface area (Å²) < 4.78 is 11.7. The Morgan fingerprint density at radius 2 is 1.57 bits per heavy atom. The van der Waals surface area contributed by atoms with E-state index in [0.717, 1.165) is 56.2 Å². The smallest absolute Gasteiger partial charge is 0.310 e. The maximum absolute atomic E-state index is 14.5. The first-order valence-electron chi connectivity index (χ1n) is 22.8. The fourth-order valence-electron chi connectivity index (χ4n) is 14.5. The van der Waals surface area contributed by atoms with E-state index in [2.05, 4.69) is 64.0 Å². The van der Waals surface area contributed by atoms with E-state index in [1.54, 1.807) is 6.07 Å². The maximum atomic E-state index is 14.5. The fraction of sp³-hybridized carbons (Fsp3) is 0.800. The molecule has 10 heteroatoms. The molecule has 334 valence electrons.